The van der Waals surface area contributed by atoms with Gasteiger partial charge in [0.2, 0.25) is 5.88 Å². The number of halogens is 3. The van der Waals surface area contributed by atoms with E-state index < -0.39 is 11.8 Å². The second-order valence-corrected chi connectivity index (χ2v) is 4.72. The molecule has 0 amide bonds. The molecule has 2 aromatic rings. The molecular weight excluding hydrogens is 340 g/mol. The number of ether oxygens (including phenoxy) is 1. The number of nitrogens with zero attached hydrogens (tertiary/aromatic N) is 1. The third-order valence-corrected chi connectivity index (χ3v) is 3.09. The number of carboxylic acid groups (broad SMARTS) is 1. The van der Waals surface area contributed by atoms with E-state index >= 15 is 0 Å². The highest BCUT2D eigenvalue weighted by atomic mass is 79.9. The van der Waals surface area contributed by atoms with Crippen molar-refractivity contribution in [1.29, 1.82) is 0 Å². The zero-order chi connectivity index (χ0) is 14.0. The minimum absolute atomic E-state index is 0.00171. The summed E-state index contributed by atoms with van der Waals surface area (Å²) in [6, 6.07) is 6.63. The molecule has 0 radical (unpaired) electrons. The average Bonchev–Trinajstić information content (AvgIpc) is 2.36. The van der Waals surface area contributed by atoms with E-state index in [1.807, 2.05) is 0 Å². The molecule has 0 atom stereocenters. The molecule has 0 spiro atoms. The third-order valence-electron chi connectivity index (χ3n) is 2.13. The van der Waals surface area contributed by atoms with Crippen LogP contribution >= 0.6 is 27.5 Å². The van der Waals surface area contributed by atoms with Crippen LogP contribution in [0.3, 0.4) is 0 Å². The highest BCUT2D eigenvalue weighted by molar-refractivity contribution is 9.10. The Balaban J connectivity index is 2.36. The molecular formula is C12H6BrClFNO3. The van der Waals surface area contributed by atoms with Crippen LogP contribution in [0.25, 0.3) is 0 Å². The first kappa shape index (κ1) is 13.8. The maximum Gasteiger partial charge on any atom is 0.356 e. The van der Waals surface area contributed by atoms with E-state index in [4.69, 9.17) is 21.4 Å². The fraction of sp³-hybridized carbons (Fsp3) is 0. The zero-order valence-corrected chi connectivity index (χ0v) is 11.6. The lowest BCUT2D eigenvalue weighted by atomic mass is 10.3. The van der Waals surface area contributed by atoms with Gasteiger partial charge in [0.05, 0.1) is 9.50 Å². The SMILES string of the molecule is O=C(O)c1nc(Oc2cc(F)ccc2Br)ccc1Cl. The molecule has 2 rings (SSSR count). The van der Waals surface area contributed by atoms with Gasteiger partial charge in [-0.15, -0.1) is 0 Å². The van der Waals surface area contributed by atoms with Crippen LogP contribution in [0.1, 0.15) is 10.5 Å². The first-order valence-electron chi connectivity index (χ1n) is 5.00. The molecule has 1 N–H and O–H groups in total. The van der Waals surface area contributed by atoms with E-state index in [2.05, 4.69) is 20.9 Å². The molecule has 19 heavy (non-hydrogen) atoms. The van der Waals surface area contributed by atoms with Gasteiger partial charge in [0.15, 0.2) is 5.69 Å². The summed E-state index contributed by atoms with van der Waals surface area (Å²) in [7, 11) is 0. The van der Waals surface area contributed by atoms with Gasteiger partial charge in [-0.25, -0.2) is 14.2 Å². The Morgan fingerprint density at radius 2 is 2.11 bits per heavy atom. The maximum absolute atomic E-state index is 13.1. The van der Waals surface area contributed by atoms with Gasteiger partial charge in [0, 0.05) is 12.1 Å². The fourth-order valence-corrected chi connectivity index (χ4v) is 1.81. The molecule has 0 aliphatic rings. The van der Waals surface area contributed by atoms with Crippen molar-refractivity contribution < 1.29 is 19.0 Å². The first-order chi connectivity index (χ1) is 8.97. The van der Waals surface area contributed by atoms with Crippen LogP contribution in [-0.2, 0) is 0 Å². The van der Waals surface area contributed by atoms with Crippen molar-refractivity contribution in [2.45, 2.75) is 0 Å². The van der Waals surface area contributed by atoms with Crippen LogP contribution in [0.5, 0.6) is 11.6 Å². The van der Waals surface area contributed by atoms with E-state index in [9.17, 15) is 9.18 Å². The Morgan fingerprint density at radius 3 is 2.79 bits per heavy atom. The van der Waals surface area contributed by atoms with E-state index in [0.29, 0.717) is 4.47 Å². The van der Waals surface area contributed by atoms with Crippen LogP contribution in [0.4, 0.5) is 4.39 Å². The minimum atomic E-state index is -1.27. The molecule has 0 saturated carbocycles. The highest BCUT2D eigenvalue weighted by Crippen LogP contribution is 2.30. The third kappa shape index (κ3) is 3.21. The smallest absolute Gasteiger partial charge is 0.356 e. The van der Waals surface area contributed by atoms with Crippen LogP contribution in [-0.4, -0.2) is 16.1 Å². The molecule has 0 aliphatic heterocycles. The predicted octanol–water partition coefficient (Wildman–Crippen LogP) is 4.13. The largest absolute Gasteiger partial charge is 0.476 e. The number of pyridine rings is 1. The summed E-state index contributed by atoms with van der Waals surface area (Å²) in [5.41, 5.74) is -0.327. The van der Waals surface area contributed by atoms with Crippen molar-refractivity contribution in [2.75, 3.05) is 0 Å². The van der Waals surface area contributed by atoms with Gasteiger partial charge in [-0.3, -0.25) is 0 Å². The van der Waals surface area contributed by atoms with Gasteiger partial charge >= 0.3 is 5.97 Å². The number of benzene rings is 1. The number of aromatic nitrogens is 1. The molecule has 0 fully saturated rings. The summed E-state index contributed by atoms with van der Waals surface area (Å²) in [5, 5.41) is 8.88. The van der Waals surface area contributed by atoms with Gasteiger partial charge < -0.3 is 9.84 Å². The van der Waals surface area contributed by atoms with Crippen LogP contribution in [0, 0.1) is 5.82 Å². The summed E-state index contributed by atoms with van der Waals surface area (Å²) in [5.74, 6) is -1.56. The van der Waals surface area contributed by atoms with Gasteiger partial charge in [0.25, 0.3) is 0 Å². The Kier molecular flexibility index (Phi) is 4.01. The van der Waals surface area contributed by atoms with Crippen molar-refractivity contribution >= 4 is 33.5 Å². The minimum Gasteiger partial charge on any atom is -0.476 e. The van der Waals surface area contributed by atoms with E-state index in [-0.39, 0.29) is 22.3 Å². The van der Waals surface area contributed by atoms with E-state index in [1.54, 1.807) is 0 Å². The summed E-state index contributed by atoms with van der Waals surface area (Å²) in [6.45, 7) is 0. The molecule has 1 aromatic carbocycles. The highest BCUT2D eigenvalue weighted by Gasteiger charge is 2.13. The molecule has 4 nitrogen and oxygen atoms in total. The maximum atomic E-state index is 13.1. The summed E-state index contributed by atoms with van der Waals surface area (Å²) < 4.78 is 18.9. The Hall–Kier alpha value is -1.66. The van der Waals surface area contributed by atoms with Gasteiger partial charge in [-0.2, -0.15) is 0 Å². The van der Waals surface area contributed by atoms with Gasteiger partial charge in [-0.05, 0) is 34.1 Å². The lowest BCUT2D eigenvalue weighted by Crippen LogP contribution is -2.02. The summed E-state index contributed by atoms with van der Waals surface area (Å²) >= 11 is 8.87. The average molecular weight is 347 g/mol. The van der Waals surface area contributed by atoms with Crippen molar-refractivity contribution in [1.82, 2.24) is 4.98 Å². The zero-order valence-electron chi connectivity index (χ0n) is 9.23. The normalized spacial score (nSPS) is 10.3. The molecule has 0 unspecified atom stereocenters. The van der Waals surface area contributed by atoms with Crippen LogP contribution < -0.4 is 4.74 Å². The number of hydrogen-bond donors (Lipinski definition) is 1. The van der Waals surface area contributed by atoms with E-state index in [0.717, 1.165) is 6.07 Å². The lowest BCUT2D eigenvalue weighted by Gasteiger charge is -2.08. The number of carbonyl (C=O) groups is 1. The Labute approximate surface area is 120 Å². The van der Waals surface area contributed by atoms with Crippen LogP contribution in [0.2, 0.25) is 5.02 Å². The fourth-order valence-electron chi connectivity index (χ4n) is 1.30. The Morgan fingerprint density at radius 1 is 1.37 bits per heavy atom. The van der Waals surface area contributed by atoms with Crippen molar-refractivity contribution in [2.24, 2.45) is 0 Å². The topological polar surface area (TPSA) is 59.4 Å². The molecule has 98 valence electrons. The monoisotopic (exact) mass is 345 g/mol. The molecule has 1 aromatic heterocycles. The number of carboxylic acids is 1. The van der Waals surface area contributed by atoms with Crippen LogP contribution in [0.15, 0.2) is 34.8 Å². The van der Waals surface area contributed by atoms with Gasteiger partial charge in [0.1, 0.15) is 11.6 Å². The van der Waals surface area contributed by atoms with Gasteiger partial charge in [-0.1, -0.05) is 11.6 Å². The molecule has 0 aliphatic carbocycles. The number of rotatable bonds is 3. The number of aromatic carboxylic acids is 1. The molecule has 0 bridgehead atoms. The molecule has 0 saturated heterocycles. The second-order valence-electron chi connectivity index (χ2n) is 3.46. The predicted molar refractivity (Wildman–Crippen MR) is 70.4 cm³/mol. The lowest BCUT2D eigenvalue weighted by molar-refractivity contribution is 0.0690. The molecule has 7 heteroatoms. The van der Waals surface area contributed by atoms with Crippen molar-refractivity contribution in [3.63, 3.8) is 0 Å². The summed E-state index contributed by atoms with van der Waals surface area (Å²) in [6.07, 6.45) is 0. The first-order valence-corrected chi connectivity index (χ1v) is 6.17. The van der Waals surface area contributed by atoms with E-state index in [1.165, 1.54) is 24.3 Å². The second kappa shape index (κ2) is 5.54. The molecule has 1 heterocycles. The number of hydrogen-bond acceptors (Lipinski definition) is 3. The van der Waals surface area contributed by atoms with Crippen molar-refractivity contribution in [3.8, 4) is 11.6 Å². The Bertz CT molecular complexity index is 651. The summed E-state index contributed by atoms with van der Waals surface area (Å²) in [4.78, 5) is 14.6. The standard InChI is InChI=1S/C12H6BrClFNO3/c13-7-2-1-6(15)5-9(7)19-10-4-3-8(14)11(16-10)12(17)18/h1-5H,(H,17,18). The quantitative estimate of drug-likeness (QED) is 0.908. The van der Waals surface area contributed by atoms with Crippen molar-refractivity contribution in [3.05, 3.63) is 51.3 Å².